The van der Waals surface area contributed by atoms with Crippen molar-refractivity contribution >= 4 is 184 Å². The molecule has 18 rings (SSSR count). The molecule has 0 radical (unpaired) electrons. The predicted octanol–water partition coefficient (Wildman–Crippen LogP) is 22.7. The lowest BCUT2D eigenvalue weighted by molar-refractivity contribution is 0.590. The third-order valence-electron chi connectivity index (χ3n) is 20.7. The number of rotatable bonds is 0. The number of benzene rings is 15. The first-order valence-corrected chi connectivity index (χ1v) is 30.8. The Morgan fingerprint density at radius 1 is 0.214 bits per heavy atom. The molecule has 0 amide bonds. The van der Waals surface area contributed by atoms with Crippen LogP contribution in [0.2, 0.25) is 0 Å². The molecule has 0 unspecified atom stereocenters. The third-order valence-corrected chi connectivity index (χ3v) is 20.7. The first-order chi connectivity index (χ1) is 39.5. The first kappa shape index (κ1) is 49.4. The van der Waals surface area contributed by atoms with E-state index in [4.69, 9.17) is 19.9 Å². The molecule has 18 aromatic rings. The molecule has 3 heterocycles. The smallest absolute Gasteiger partial charge is 0.0996 e. The number of pyridine rings is 2. The largest absolute Gasteiger partial charge is 0.254 e. The summed E-state index contributed by atoms with van der Waals surface area (Å²) in [5.41, 5.74) is 12.5. The molecule has 15 aromatic carbocycles. The summed E-state index contributed by atoms with van der Waals surface area (Å²) in [5, 5.41) is 37.6. The minimum atomic E-state index is -0.270. The third kappa shape index (κ3) is 5.73. The molecule has 84 heavy (non-hydrogen) atoms. The van der Waals surface area contributed by atoms with E-state index < -0.39 is 0 Å². The zero-order valence-corrected chi connectivity index (χ0v) is 52.0. The Balaban J connectivity index is 1.28. The highest BCUT2D eigenvalue weighted by Crippen LogP contribution is 2.64. The summed E-state index contributed by atoms with van der Waals surface area (Å²) in [6.45, 7) is 43.6. The number of fused-ring (bicyclic) bond motifs is 14. The van der Waals surface area contributed by atoms with Crippen molar-refractivity contribution in [2.24, 2.45) is 0 Å². The minimum absolute atomic E-state index is 0.106. The van der Waals surface area contributed by atoms with Gasteiger partial charge in [-0.15, -0.1) is 0 Å². The summed E-state index contributed by atoms with van der Waals surface area (Å²) in [4.78, 5) is 22.1. The highest BCUT2D eigenvalue weighted by Gasteiger charge is 2.39. The number of aromatic nitrogens is 4. The highest BCUT2D eigenvalue weighted by atomic mass is 14.8. The molecule has 410 valence electrons. The van der Waals surface area contributed by atoms with Gasteiger partial charge >= 0.3 is 0 Å². The molecule has 0 N–H and O–H groups in total. The molecule has 0 aliphatic rings. The maximum atomic E-state index is 6.05. The van der Waals surface area contributed by atoms with Gasteiger partial charge in [-0.05, 0) is 269 Å². The van der Waals surface area contributed by atoms with Crippen LogP contribution in [0.3, 0.4) is 0 Å². The van der Waals surface area contributed by atoms with Crippen LogP contribution in [0, 0.1) is 0 Å². The molecule has 0 aliphatic carbocycles. The maximum absolute atomic E-state index is 6.05. The van der Waals surface area contributed by atoms with E-state index in [1.165, 1.54) is 173 Å². The van der Waals surface area contributed by atoms with Crippen molar-refractivity contribution in [1.29, 1.82) is 0 Å². The topological polar surface area (TPSA) is 51.6 Å². The van der Waals surface area contributed by atoms with Gasteiger partial charge in [0.05, 0.1) is 33.1 Å². The zero-order valence-electron chi connectivity index (χ0n) is 52.0. The molecule has 4 nitrogen and oxygen atoms in total. The maximum Gasteiger partial charge on any atom is 0.0996 e. The van der Waals surface area contributed by atoms with E-state index >= 15 is 0 Å². The van der Waals surface area contributed by atoms with E-state index in [1.54, 1.807) is 0 Å². The summed E-state index contributed by atoms with van der Waals surface area (Å²) in [6.07, 6.45) is 3.77. The van der Waals surface area contributed by atoms with Crippen molar-refractivity contribution in [2.45, 2.75) is 157 Å². The fraction of sp³-hybridized carbons (Fsp3) is 0.300. The van der Waals surface area contributed by atoms with Crippen LogP contribution >= 0.6 is 0 Å². The normalized spacial score (nSPS) is 14.5. The van der Waals surface area contributed by atoms with Crippen LogP contribution in [-0.2, 0) is 32.5 Å². The lowest BCUT2D eigenvalue weighted by Gasteiger charge is -2.35. The van der Waals surface area contributed by atoms with Crippen LogP contribution in [0.25, 0.3) is 184 Å². The van der Waals surface area contributed by atoms with Crippen molar-refractivity contribution in [3.63, 3.8) is 0 Å². The van der Waals surface area contributed by atoms with Gasteiger partial charge in [-0.3, -0.25) is 9.97 Å². The standard InChI is InChI=1S/C80H70N4/c1-75(2,3)35-25-41-42-26-36(76(4,5)6)28-44-46-30-38(78(10,11)12)32-48-56(46)64-62(54(42)44)61-53(41)43(27-35)45-29-37(77(7,8)9)31-47-55(45)63(61)67-65-57(47)51(79(13,14)15)33-49-59(65)60-50(34-52(80(16,17)18)58(48)66(60)68(64)67)74-73(49)83-71-39-21-19-23-81-69(39)70-40(72(71)84-74)22-20-24-82-70/h19-34H,1-18H3. The van der Waals surface area contributed by atoms with Gasteiger partial charge in [-0.1, -0.05) is 125 Å². The summed E-state index contributed by atoms with van der Waals surface area (Å²) in [7, 11) is 0. The Labute approximate surface area is 489 Å². The molecule has 0 fully saturated rings. The zero-order chi connectivity index (χ0) is 58.2. The second-order valence-corrected chi connectivity index (χ2v) is 32.1. The average Bonchev–Trinajstić information content (AvgIpc) is 0.637. The van der Waals surface area contributed by atoms with Gasteiger partial charge in [-0.25, -0.2) is 9.97 Å². The molecule has 0 saturated heterocycles. The Hall–Kier alpha value is -8.08. The predicted molar refractivity (Wildman–Crippen MR) is 366 cm³/mol. The molecule has 0 aliphatic heterocycles. The molecular weight excluding hydrogens is 1020 g/mol. The van der Waals surface area contributed by atoms with E-state index in [0.29, 0.717) is 0 Å². The van der Waals surface area contributed by atoms with Gasteiger partial charge in [0.25, 0.3) is 0 Å². The summed E-state index contributed by atoms with van der Waals surface area (Å²) in [5.74, 6) is 0. The molecule has 4 heteroatoms. The van der Waals surface area contributed by atoms with Crippen LogP contribution in [-0.4, -0.2) is 19.9 Å². The number of nitrogens with zero attached hydrogens (tertiary/aromatic N) is 4. The minimum Gasteiger partial charge on any atom is -0.254 e. The monoisotopic (exact) mass is 1090 g/mol. The quantitative estimate of drug-likeness (QED) is 0.112. The van der Waals surface area contributed by atoms with Crippen LogP contribution in [0.15, 0.2) is 97.3 Å². The summed E-state index contributed by atoms with van der Waals surface area (Å²) < 4.78 is 0. The molecular formula is C80H70N4. The first-order valence-electron chi connectivity index (χ1n) is 30.8. The van der Waals surface area contributed by atoms with Gasteiger partial charge in [0, 0.05) is 44.7 Å². The lowest BCUT2D eigenvalue weighted by Crippen LogP contribution is -2.16. The fourth-order valence-electron chi connectivity index (χ4n) is 16.6. The van der Waals surface area contributed by atoms with E-state index in [2.05, 4.69) is 197 Å². The van der Waals surface area contributed by atoms with Gasteiger partial charge in [0.1, 0.15) is 0 Å². The lowest BCUT2D eigenvalue weighted by atomic mass is 9.68. The van der Waals surface area contributed by atoms with Crippen molar-refractivity contribution in [2.75, 3.05) is 0 Å². The van der Waals surface area contributed by atoms with Crippen LogP contribution in [0.1, 0.15) is 158 Å². The average molecular weight is 1090 g/mol. The van der Waals surface area contributed by atoms with Gasteiger partial charge in [-0.2, -0.15) is 0 Å². The molecule has 0 saturated carbocycles. The van der Waals surface area contributed by atoms with E-state index in [1.807, 2.05) is 24.5 Å². The Morgan fingerprint density at radius 3 is 0.750 bits per heavy atom. The van der Waals surface area contributed by atoms with Crippen LogP contribution in [0.5, 0.6) is 0 Å². The van der Waals surface area contributed by atoms with Crippen LogP contribution in [0.4, 0.5) is 0 Å². The Kier molecular flexibility index (Phi) is 8.53. The number of hydrogen-bond donors (Lipinski definition) is 0. The van der Waals surface area contributed by atoms with Crippen molar-refractivity contribution < 1.29 is 0 Å². The van der Waals surface area contributed by atoms with Gasteiger partial charge in [0.2, 0.25) is 0 Å². The van der Waals surface area contributed by atoms with E-state index in [9.17, 15) is 0 Å². The Morgan fingerprint density at radius 2 is 0.464 bits per heavy atom. The van der Waals surface area contributed by atoms with Crippen molar-refractivity contribution in [3.8, 4) is 0 Å². The van der Waals surface area contributed by atoms with Gasteiger partial charge < -0.3 is 0 Å². The summed E-state index contributed by atoms with van der Waals surface area (Å²) >= 11 is 0. The SMILES string of the molecule is CC(C)(C)c1cc2c3cc(C(C)(C)C)cc4c5cc(C(C)(C)C)cc6c7c(C(C)(C)C)cc8c9nc%10c%11cccnc%11c%11ncccc%11c%10nc9c9cc(C(C)(C)C)c%10c%11cc(C(C)(C)C)cc%12c(c1)c2c1c(c34)c(c56)c2c7c8c9c%10c2c1c%12%11. The van der Waals surface area contributed by atoms with Gasteiger partial charge in [0.15, 0.2) is 0 Å². The molecule has 0 spiro atoms. The number of hydrogen-bond acceptors (Lipinski definition) is 4. The van der Waals surface area contributed by atoms with Crippen molar-refractivity contribution in [3.05, 3.63) is 131 Å². The van der Waals surface area contributed by atoms with Crippen molar-refractivity contribution in [1.82, 2.24) is 19.9 Å². The second kappa shape index (κ2) is 14.5. The van der Waals surface area contributed by atoms with E-state index in [-0.39, 0.29) is 32.5 Å². The molecule has 0 bridgehead atoms. The fourth-order valence-corrected chi connectivity index (χ4v) is 16.6. The second-order valence-electron chi connectivity index (χ2n) is 32.1. The Bertz CT molecular complexity index is 5620. The highest BCUT2D eigenvalue weighted by molar-refractivity contribution is 6.63. The molecule has 3 aromatic heterocycles. The molecule has 0 atom stereocenters. The summed E-state index contributed by atoms with van der Waals surface area (Å²) in [6, 6.07) is 34.6. The van der Waals surface area contributed by atoms with Crippen LogP contribution < -0.4 is 0 Å². The van der Waals surface area contributed by atoms with E-state index in [0.717, 1.165) is 43.9 Å².